The molecule has 164 valence electrons. The Labute approximate surface area is 181 Å². The van der Waals surface area contributed by atoms with Crippen LogP contribution in [0.15, 0.2) is 35.2 Å². The summed E-state index contributed by atoms with van der Waals surface area (Å²) in [5, 5.41) is 6.92. The number of fused-ring (bicyclic) bond motifs is 1. The molecule has 1 aliphatic heterocycles. The number of nitrogens with one attached hydrogen (secondary N) is 1. The Balaban J connectivity index is 1.51. The first kappa shape index (κ1) is 21.4. The van der Waals surface area contributed by atoms with Crippen LogP contribution in [0.4, 0.5) is 5.69 Å². The number of carbonyl (C=O) groups excluding carboxylic acids is 1. The fourth-order valence-corrected chi connectivity index (χ4v) is 5.79. The van der Waals surface area contributed by atoms with Crippen LogP contribution in [0.5, 0.6) is 0 Å². The van der Waals surface area contributed by atoms with Crippen molar-refractivity contribution in [2.45, 2.75) is 39.0 Å². The summed E-state index contributed by atoms with van der Waals surface area (Å²) in [5.74, 6) is 0.522. The van der Waals surface area contributed by atoms with Crippen molar-refractivity contribution in [2.75, 3.05) is 18.4 Å². The van der Waals surface area contributed by atoms with Crippen molar-refractivity contribution < 1.29 is 13.2 Å². The van der Waals surface area contributed by atoms with E-state index in [1.54, 1.807) is 16.4 Å². The average Bonchev–Trinajstić information content (AvgIpc) is 3.12. The molecule has 2 atom stereocenters. The second kappa shape index (κ2) is 8.01. The molecule has 1 aliphatic rings. The lowest BCUT2D eigenvalue weighted by Crippen LogP contribution is -2.42. The highest BCUT2D eigenvalue weighted by Gasteiger charge is 2.31. The van der Waals surface area contributed by atoms with Crippen LogP contribution < -0.4 is 5.32 Å². The minimum atomic E-state index is -3.57. The first-order chi connectivity index (χ1) is 14.6. The number of nitrogens with zero attached hydrogens (tertiary/aromatic N) is 5. The minimum Gasteiger partial charge on any atom is -0.319 e. The Morgan fingerprint density at radius 1 is 1.06 bits per heavy atom. The van der Waals surface area contributed by atoms with Crippen molar-refractivity contribution >= 4 is 27.4 Å². The smallest absolute Gasteiger partial charge is 0.295 e. The van der Waals surface area contributed by atoms with E-state index in [-0.39, 0.29) is 10.7 Å². The van der Waals surface area contributed by atoms with Gasteiger partial charge in [-0.3, -0.25) is 4.79 Å². The molecule has 4 rings (SSSR count). The maximum absolute atomic E-state index is 13.0. The number of rotatable bonds is 4. The summed E-state index contributed by atoms with van der Waals surface area (Å²) in [5.41, 5.74) is 2.08. The van der Waals surface area contributed by atoms with Crippen molar-refractivity contribution in [3.05, 3.63) is 47.5 Å². The van der Waals surface area contributed by atoms with Gasteiger partial charge in [0.05, 0.1) is 4.90 Å². The molecule has 0 spiro atoms. The van der Waals surface area contributed by atoms with Gasteiger partial charge in [0.2, 0.25) is 15.8 Å². The van der Waals surface area contributed by atoms with Gasteiger partial charge in [-0.1, -0.05) is 13.8 Å². The molecule has 3 aromatic rings. The Morgan fingerprint density at radius 3 is 2.35 bits per heavy atom. The van der Waals surface area contributed by atoms with Gasteiger partial charge in [-0.2, -0.15) is 9.29 Å². The van der Waals surface area contributed by atoms with E-state index in [0.29, 0.717) is 36.4 Å². The number of aryl methyl sites for hydroxylation is 2. The summed E-state index contributed by atoms with van der Waals surface area (Å²) in [6.07, 6.45) is 1.03. The molecule has 9 nitrogen and oxygen atoms in total. The van der Waals surface area contributed by atoms with Gasteiger partial charge in [-0.25, -0.2) is 17.9 Å². The van der Waals surface area contributed by atoms with Crippen LogP contribution in [-0.4, -0.2) is 51.3 Å². The van der Waals surface area contributed by atoms with Crippen LogP contribution in [0.2, 0.25) is 0 Å². The Kier molecular flexibility index (Phi) is 5.52. The first-order valence-electron chi connectivity index (χ1n) is 10.3. The topological polar surface area (TPSA) is 110 Å². The Bertz CT molecular complexity index is 1230. The molecule has 1 aromatic carbocycles. The monoisotopic (exact) mass is 442 g/mol. The first-order valence-corrected chi connectivity index (χ1v) is 11.7. The maximum atomic E-state index is 13.0. The van der Waals surface area contributed by atoms with Crippen molar-refractivity contribution in [2.24, 2.45) is 11.8 Å². The highest BCUT2D eigenvalue weighted by molar-refractivity contribution is 7.89. The number of benzene rings is 1. The molecular formula is C21H26N6O3S. The molecule has 1 N–H and O–H groups in total. The van der Waals surface area contributed by atoms with Crippen LogP contribution in [0, 0.1) is 25.7 Å². The number of amides is 1. The van der Waals surface area contributed by atoms with Gasteiger partial charge in [0, 0.05) is 30.2 Å². The molecule has 10 heteroatoms. The highest BCUT2D eigenvalue weighted by Crippen LogP contribution is 2.27. The third kappa shape index (κ3) is 4.31. The van der Waals surface area contributed by atoms with Crippen molar-refractivity contribution in [3.8, 4) is 0 Å². The zero-order valence-corrected chi connectivity index (χ0v) is 18.8. The molecule has 31 heavy (non-hydrogen) atoms. The largest absolute Gasteiger partial charge is 0.319 e. The molecule has 3 heterocycles. The lowest BCUT2D eigenvalue weighted by molar-refractivity contribution is 0.101. The van der Waals surface area contributed by atoms with Gasteiger partial charge in [0.15, 0.2) is 0 Å². The van der Waals surface area contributed by atoms with Crippen LogP contribution >= 0.6 is 0 Å². The number of hydrogen-bond acceptors (Lipinski definition) is 6. The number of piperidine rings is 1. The molecule has 2 aromatic heterocycles. The molecule has 0 radical (unpaired) electrons. The highest BCUT2D eigenvalue weighted by atomic mass is 32.2. The number of anilines is 1. The van der Waals surface area contributed by atoms with Crippen molar-refractivity contribution in [3.63, 3.8) is 0 Å². The fraction of sp³-hybridized carbons (Fsp3) is 0.429. The van der Waals surface area contributed by atoms with E-state index in [9.17, 15) is 13.2 Å². The third-order valence-electron chi connectivity index (χ3n) is 5.41. The van der Waals surface area contributed by atoms with Crippen LogP contribution in [-0.2, 0) is 10.0 Å². The SMILES string of the molecule is Cc1cc(C)n2nc(C(=O)Nc3ccc(S(=O)(=O)N4C[C@H](C)C[C@H](C)C4)cc3)nc2n1. The summed E-state index contributed by atoms with van der Waals surface area (Å²) in [6, 6.07) is 8.03. The zero-order chi connectivity index (χ0) is 22.3. The molecule has 1 amide bonds. The number of carbonyl (C=O) groups is 1. The van der Waals surface area contributed by atoms with Crippen molar-refractivity contribution in [1.29, 1.82) is 0 Å². The van der Waals surface area contributed by atoms with Gasteiger partial charge in [-0.05, 0) is 62.4 Å². The Morgan fingerprint density at radius 2 is 1.71 bits per heavy atom. The van der Waals surface area contributed by atoms with Gasteiger partial charge in [0.1, 0.15) is 0 Å². The number of sulfonamides is 1. The van der Waals surface area contributed by atoms with Gasteiger partial charge >= 0.3 is 0 Å². The summed E-state index contributed by atoms with van der Waals surface area (Å²) < 4.78 is 29.1. The standard InChI is InChI=1S/C21H26N6O3S/c1-13-9-14(2)12-26(11-13)31(29,30)18-7-5-17(6-8-18)23-20(28)19-24-21-22-15(3)10-16(4)27(21)25-19/h5-8,10,13-14H,9,11-12H2,1-4H3,(H,23,28)/t13-,14+. The maximum Gasteiger partial charge on any atom is 0.295 e. The fourth-order valence-electron chi connectivity index (χ4n) is 4.11. The molecule has 0 saturated carbocycles. The minimum absolute atomic E-state index is 0.00538. The van der Waals surface area contributed by atoms with Gasteiger partial charge in [-0.15, -0.1) is 5.10 Å². The third-order valence-corrected chi connectivity index (χ3v) is 7.25. The van der Waals surface area contributed by atoms with E-state index in [0.717, 1.165) is 17.8 Å². The molecule has 1 fully saturated rings. The quantitative estimate of drug-likeness (QED) is 0.665. The lowest BCUT2D eigenvalue weighted by Gasteiger charge is -2.34. The second-order valence-corrected chi connectivity index (χ2v) is 10.4. The lowest BCUT2D eigenvalue weighted by atomic mass is 9.94. The predicted octanol–water partition coefficient (Wildman–Crippen LogP) is 2.66. The number of aromatic nitrogens is 4. The van der Waals surface area contributed by atoms with Gasteiger partial charge in [0.25, 0.3) is 11.7 Å². The van der Waals surface area contributed by atoms with Crippen molar-refractivity contribution in [1.82, 2.24) is 23.9 Å². The molecule has 0 aliphatic carbocycles. The van der Waals surface area contributed by atoms with E-state index in [1.165, 1.54) is 16.6 Å². The molecule has 0 unspecified atom stereocenters. The summed E-state index contributed by atoms with van der Waals surface area (Å²) in [6.45, 7) is 8.91. The van der Waals surface area contributed by atoms with Crippen LogP contribution in [0.25, 0.3) is 5.78 Å². The van der Waals surface area contributed by atoms with E-state index < -0.39 is 15.9 Å². The summed E-state index contributed by atoms with van der Waals surface area (Å²) in [4.78, 5) is 21.3. The normalized spacial score (nSPS) is 20.1. The zero-order valence-electron chi connectivity index (χ0n) is 18.0. The van der Waals surface area contributed by atoms with E-state index in [4.69, 9.17) is 0 Å². The molecule has 1 saturated heterocycles. The van der Waals surface area contributed by atoms with E-state index >= 15 is 0 Å². The average molecular weight is 443 g/mol. The predicted molar refractivity (Wildman–Crippen MR) is 116 cm³/mol. The van der Waals surface area contributed by atoms with Crippen LogP contribution in [0.3, 0.4) is 0 Å². The van der Waals surface area contributed by atoms with E-state index in [2.05, 4.69) is 34.2 Å². The Hall–Kier alpha value is -2.85. The summed E-state index contributed by atoms with van der Waals surface area (Å²) >= 11 is 0. The molecule has 0 bridgehead atoms. The second-order valence-electron chi connectivity index (χ2n) is 8.43. The summed E-state index contributed by atoms with van der Waals surface area (Å²) in [7, 11) is -3.57. The van der Waals surface area contributed by atoms with E-state index in [1.807, 2.05) is 19.9 Å². The molecular weight excluding hydrogens is 416 g/mol. The van der Waals surface area contributed by atoms with Gasteiger partial charge < -0.3 is 5.32 Å². The number of hydrogen-bond donors (Lipinski definition) is 1. The van der Waals surface area contributed by atoms with Crippen LogP contribution in [0.1, 0.15) is 42.3 Å².